The number of hydrogen-bond donors (Lipinski definition) is 1. The first-order valence-corrected chi connectivity index (χ1v) is 7.05. The van der Waals surface area contributed by atoms with Crippen molar-refractivity contribution in [1.29, 1.82) is 0 Å². The summed E-state index contributed by atoms with van der Waals surface area (Å²) in [6.07, 6.45) is 3.84. The maximum Gasteiger partial charge on any atom is 0.240 e. The SMILES string of the molecule is CO[C@H]1C[C@@H](C(N)=O)N(C(=O)C/C=C/c2ccc(F)cc2)C1. The van der Waals surface area contributed by atoms with Gasteiger partial charge >= 0.3 is 0 Å². The topological polar surface area (TPSA) is 72.6 Å². The number of carbonyl (C=O) groups is 2. The van der Waals surface area contributed by atoms with Crippen molar-refractivity contribution in [1.82, 2.24) is 4.90 Å². The quantitative estimate of drug-likeness (QED) is 0.892. The van der Waals surface area contributed by atoms with E-state index in [2.05, 4.69) is 0 Å². The summed E-state index contributed by atoms with van der Waals surface area (Å²) in [5, 5.41) is 0. The van der Waals surface area contributed by atoms with Gasteiger partial charge < -0.3 is 15.4 Å². The van der Waals surface area contributed by atoms with Crippen LogP contribution in [0, 0.1) is 5.82 Å². The standard InChI is InChI=1S/C16H19FN2O3/c1-22-13-9-14(16(18)21)19(10-13)15(20)4-2-3-11-5-7-12(17)8-6-11/h2-3,5-8,13-14H,4,9-10H2,1H3,(H2,18,21)/b3-2+/t13-,14-/m0/s1. The van der Waals surface area contributed by atoms with Gasteiger partial charge in [-0.3, -0.25) is 9.59 Å². The number of hydrogen-bond acceptors (Lipinski definition) is 3. The van der Waals surface area contributed by atoms with E-state index in [1.165, 1.54) is 17.0 Å². The van der Waals surface area contributed by atoms with E-state index in [1.807, 2.05) is 0 Å². The smallest absolute Gasteiger partial charge is 0.240 e. The number of primary amides is 1. The highest BCUT2D eigenvalue weighted by atomic mass is 19.1. The summed E-state index contributed by atoms with van der Waals surface area (Å²) in [6, 6.07) is 5.35. The molecule has 1 heterocycles. The molecule has 0 bridgehead atoms. The van der Waals surface area contributed by atoms with Gasteiger partial charge in [0.15, 0.2) is 0 Å². The summed E-state index contributed by atoms with van der Waals surface area (Å²) in [7, 11) is 1.55. The normalized spacial score (nSPS) is 21.5. The number of nitrogens with zero attached hydrogens (tertiary/aromatic N) is 1. The Bertz CT molecular complexity index is 571. The fourth-order valence-corrected chi connectivity index (χ4v) is 2.50. The van der Waals surface area contributed by atoms with E-state index in [9.17, 15) is 14.0 Å². The van der Waals surface area contributed by atoms with E-state index in [0.717, 1.165) is 5.56 Å². The van der Waals surface area contributed by atoms with Crippen molar-refractivity contribution >= 4 is 17.9 Å². The lowest BCUT2D eigenvalue weighted by atomic mass is 10.1. The molecule has 1 fully saturated rings. The number of rotatable bonds is 5. The van der Waals surface area contributed by atoms with Gasteiger partial charge in [-0.1, -0.05) is 24.3 Å². The molecule has 0 saturated carbocycles. The van der Waals surface area contributed by atoms with Crippen LogP contribution in [0.3, 0.4) is 0 Å². The van der Waals surface area contributed by atoms with Gasteiger partial charge in [0, 0.05) is 26.5 Å². The number of halogens is 1. The minimum absolute atomic E-state index is 0.150. The molecule has 1 aromatic rings. The fourth-order valence-electron chi connectivity index (χ4n) is 2.50. The van der Waals surface area contributed by atoms with Crippen molar-refractivity contribution < 1.29 is 18.7 Å². The molecule has 2 rings (SSSR count). The first kappa shape index (κ1) is 16.2. The van der Waals surface area contributed by atoms with E-state index >= 15 is 0 Å². The van der Waals surface area contributed by atoms with Crippen LogP contribution in [0.1, 0.15) is 18.4 Å². The molecule has 5 nitrogen and oxygen atoms in total. The Morgan fingerprint density at radius 2 is 2.09 bits per heavy atom. The van der Waals surface area contributed by atoms with E-state index in [4.69, 9.17) is 10.5 Å². The van der Waals surface area contributed by atoms with Gasteiger partial charge in [0.25, 0.3) is 0 Å². The van der Waals surface area contributed by atoms with Crippen LogP contribution < -0.4 is 5.73 Å². The molecular formula is C16H19FN2O3. The summed E-state index contributed by atoms with van der Waals surface area (Å²) in [5.41, 5.74) is 6.14. The van der Waals surface area contributed by atoms with Crippen molar-refractivity contribution in [3.05, 3.63) is 41.7 Å². The molecule has 2 amide bonds. The first-order valence-electron chi connectivity index (χ1n) is 7.05. The van der Waals surface area contributed by atoms with Crippen molar-refractivity contribution in [2.75, 3.05) is 13.7 Å². The molecule has 0 spiro atoms. The van der Waals surface area contributed by atoms with Crippen molar-refractivity contribution in [3.8, 4) is 0 Å². The number of methoxy groups -OCH3 is 1. The van der Waals surface area contributed by atoms with Gasteiger partial charge in [0.1, 0.15) is 11.9 Å². The molecule has 0 aromatic heterocycles. The van der Waals surface area contributed by atoms with E-state index in [1.54, 1.807) is 31.4 Å². The van der Waals surface area contributed by atoms with Gasteiger partial charge in [0.05, 0.1) is 6.10 Å². The average molecular weight is 306 g/mol. The number of amides is 2. The molecule has 2 N–H and O–H groups in total. The van der Waals surface area contributed by atoms with Gasteiger partial charge in [-0.05, 0) is 17.7 Å². The molecule has 6 heteroatoms. The third kappa shape index (κ3) is 3.92. The zero-order valence-corrected chi connectivity index (χ0v) is 12.4. The van der Waals surface area contributed by atoms with Crippen LogP contribution in [-0.4, -0.2) is 42.5 Å². The maximum absolute atomic E-state index is 12.8. The molecule has 1 aromatic carbocycles. The summed E-state index contributed by atoms with van der Waals surface area (Å²) < 4.78 is 18.0. The van der Waals surface area contributed by atoms with Crippen LogP contribution in [0.15, 0.2) is 30.3 Å². The van der Waals surface area contributed by atoms with Crippen molar-refractivity contribution in [2.45, 2.75) is 25.0 Å². The summed E-state index contributed by atoms with van der Waals surface area (Å²) in [5.74, 6) is -1.00. The lowest BCUT2D eigenvalue weighted by Gasteiger charge is -2.21. The summed E-state index contributed by atoms with van der Waals surface area (Å²) >= 11 is 0. The second-order valence-electron chi connectivity index (χ2n) is 5.22. The third-order valence-corrected chi connectivity index (χ3v) is 3.72. The van der Waals surface area contributed by atoms with E-state index in [0.29, 0.717) is 13.0 Å². The number of likely N-dealkylation sites (tertiary alicyclic amines) is 1. The predicted octanol–water partition coefficient (Wildman–Crippen LogP) is 1.33. The lowest BCUT2D eigenvalue weighted by Crippen LogP contribution is -2.43. The minimum Gasteiger partial charge on any atom is -0.380 e. The molecule has 0 unspecified atom stereocenters. The van der Waals surface area contributed by atoms with Crippen molar-refractivity contribution in [2.24, 2.45) is 5.73 Å². The molecule has 118 valence electrons. The Balaban J connectivity index is 1.96. The highest BCUT2D eigenvalue weighted by Crippen LogP contribution is 2.21. The zero-order valence-electron chi connectivity index (χ0n) is 12.4. The number of benzene rings is 1. The number of carbonyl (C=O) groups excluding carboxylic acids is 2. The van der Waals surface area contributed by atoms with Gasteiger partial charge in [0.2, 0.25) is 11.8 Å². The molecule has 0 radical (unpaired) electrons. The predicted molar refractivity (Wildman–Crippen MR) is 80.2 cm³/mol. The molecule has 0 aliphatic carbocycles. The van der Waals surface area contributed by atoms with Crippen LogP contribution in [0.2, 0.25) is 0 Å². The Morgan fingerprint density at radius 1 is 1.41 bits per heavy atom. The lowest BCUT2D eigenvalue weighted by molar-refractivity contribution is -0.136. The van der Waals surface area contributed by atoms with Crippen LogP contribution in [0.4, 0.5) is 4.39 Å². The number of nitrogens with two attached hydrogens (primary N) is 1. The van der Waals surface area contributed by atoms with Crippen LogP contribution in [-0.2, 0) is 14.3 Å². The van der Waals surface area contributed by atoms with Crippen LogP contribution in [0.5, 0.6) is 0 Å². The fraction of sp³-hybridized carbons (Fsp3) is 0.375. The average Bonchev–Trinajstić information content (AvgIpc) is 2.94. The van der Waals surface area contributed by atoms with Gasteiger partial charge in [-0.25, -0.2) is 4.39 Å². The van der Waals surface area contributed by atoms with Crippen LogP contribution in [0.25, 0.3) is 6.08 Å². The highest BCUT2D eigenvalue weighted by Gasteiger charge is 2.38. The summed E-state index contributed by atoms with van der Waals surface area (Å²) in [6.45, 7) is 0.368. The number of ether oxygens (including phenoxy) is 1. The van der Waals surface area contributed by atoms with Crippen molar-refractivity contribution in [3.63, 3.8) is 0 Å². The monoisotopic (exact) mass is 306 g/mol. The van der Waals surface area contributed by atoms with Crippen LogP contribution >= 0.6 is 0 Å². The third-order valence-electron chi connectivity index (χ3n) is 3.72. The largest absolute Gasteiger partial charge is 0.380 e. The van der Waals surface area contributed by atoms with Gasteiger partial charge in [-0.2, -0.15) is 0 Å². The minimum atomic E-state index is -0.614. The molecule has 1 saturated heterocycles. The summed E-state index contributed by atoms with van der Waals surface area (Å²) in [4.78, 5) is 25.1. The van der Waals surface area contributed by atoms with Gasteiger partial charge in [-0.15, -0.1) is 0 Å². The molecule has 2 atom stereocenters. The van der Waals surface area contributed by atoms with E-state index < -0.39 is 11.9 Å². The Kier molecular flexibility index (Phi) is 5.27. The second-order valence-corrected chi connectivity index (χ2v) is 5.22. The van der Waals surface area contributed by atoms with E-state index in [-0.39, 0.29) is 24.2 Å². The zero-order chi connectivity index (χ0) is 16.1. The molecule has 1 aliphatic rings. The molecular weight excluding hydrogens is 287 g/mol. The molecule has 22 heavy (non-hydrogen) atoms. The highest BCUT2D eigenvalue weighted by molar-refractivity contribution is 5.88. The second kappa shape index (κ2) is 7.17. The first-order chi connectivity index (χ1) is 10.5. The Morgan fingerprint density at radius 3 is 2.68 bits per heavy atom. The Labute approximate surface area is 128 Å². The maximum atomic E-state index is 12.8. The molecule has 1 aliphatic heterocycles. The Hall–Kier alpha value is -2.21.